The predicted octanol–water partition coefficient (Wildman–Crippen LogP) is 1.33. The van der Waals surface area contributed by atoms with E-state index in [1.807, 2.05) is 0 Å². The van der Waals surface area contributed by atoms with Gasteiger partial charge in [-0.05, 0) is 17.7 Å². The van der Waals surface area contributed by atoms with Crippen LogP contribution in [0, 0.1) is 5.82 Å². The molecule has 1 aliphatic heterocycles. The summed E-state index contributed by atoms with van der Waals surface area (Å²) in [4.78, 5) is 10.9. The van der Waals surface area contributed by atoms with Gasteiger partial charge in [-0.2, -0.15) is 0 Å². The molecule has 1 saturated heterocycles. The van der Waals surface area contributed by atoms with Gasteiger partial charge in [-0.15, -0.1) is 0 Å². The maximum Gasteiger partial charge on any atom is 0.321 e. The number of hydrogen-bond acceptors (Lipinski definition) is 3. The summed E-state index contributed by atoms with van der Waals surface area (Å²) in [5.74, 6) is -1.17. The number of hydrogen-bond donors (Lipinski definition) is 2. The summed E-state index contributed by atoms with van der Waals surface area (Å²) in [5.41, 5.74) is 0.567. The number of rotatable bonds is 2. The van der Waals surface area contributed by atoms with Crippen molar-refractivity contribution in [1.82, 2.24) is 5.32 Å². The summed E-state index contributed by atoms with van der Waals surface area (Å²) in [7, 11) is -1.23. The smallest absolute Gasteiger partial charge is 0.321 e. The average molecular weight is 292 g/mol. The molecule has 0 radical (unpaired) electrons. The summed E-state index contributed by atoms with van der Waals surface area (Å²) in [6.07, 6.45) is 0. The minimum Gasteiger partial charge on any atom is -0.480 e. The highest BCUT2D eigenvalue weighted by Crippen LogP contribution is 2.27. The van der Waals surface area contributed by atoms with E-state index in [1.165, 1.54) is 12.1 Å². The monoisotopic (exact) mass is 291 g/mol. The molecule has 1 aromatic rings. The van der Waals surface area contributed by atoms with Crippen molar-refractivity contribution in [2.45, 2.75) is 12.1 Å². The Kier molecular flexibility index (Phi) is 3.99. The maximum absolute atomic E-state index is 12.9. The quantitative estimate of drug-likeness (QED) is 0.863. The molecule has 98 valence electrons. The first kappa shape index (κ1) is 13.5. The Morgan fingerprint density at radius 1 is 1.50 bits per heavy atom. The van der Waals surface area contributed by atoms with Crippen molar-refractivity contribution in [3.05, 3.63) is 34.6 Å². The van der Waals surface area contributed by atoms with E-state index < -0.39 is 34.7 Å². The van der Waals surface area contributed by atoms with Gasteiger partial charge in [0.2, 0.25) is 0 Å². The van der Waals surface area contributed by atoms with Crippen LogP contribution >= 0.6 is 11.6 Å². The maximum atomic E-state index is 12.9. The van der Waals surface area contributed by atoms with Gasteiger partial charge in [-0.3, -0.25) is 14.3 Å². The van der Waals surface area contributed by atoms with Crippen LogP contribution in [-0.4, -0.2) is 32.8 Å². The zero-order valence-corrected chi connectivity index (χ0v) is 10.8. The van der Waals surface area contributed by atoms with E-state index >= 15 is 0 Å². The Balaban J connectivity index is 2.26. The van der Waals surface area contributed by atoms with Crippen molar-refractivity contribution in [3.63, 3.8) is 0 Å². The number of benzene rings is 1. The average Bonchev–Trinajstić information content (AvgIpc) is 2.27. The summed E-state index contributed by atoms with van der Waals surface area (Å²) in [5, 5.41) is 12.0. The highest BCUT2D eigenvalue weighted by molar-refractivity contribution is 7.85. The first-order valence-electron chi connectivity index (χ1n) is 5.26. The molecule has 18 heavy (non-hydrogen) atoms. The molecule has 1 aliphatic rings. The summed E-state index contributed by atoms with van der Waals surface area (Å²) >= 11 is 5.91. The van der Waals surface area contributed by atoms with E-state index in [-0.39, 0.29) is 16.5 Å². The second-order valence-corrected chi connectivity index (χ2v) is 6.00. The number of carboxylic acid groups (broad SMARTS) is 1. The SMILES string of the molecule is O=C(O)C1CS(=O)CC(c2ccc(F)cc2Cl)N1. The van der Waals surface area contributed by atoms with Crippen molar-refractivity contribution < 1.29 is 18.5 Å². The third-order valence-corrected chi connectivity index (χ3v) is 4.48. The van der Waals surface area contributed by atoms with Crippen LogP contribution in [-0.2, 0) is 15.6 Å². The molecule has 2 rings (SSSR count). The zero-order valence-electron chi connectivity index (χ0n) is 9.23. The van der Waals surface area contributed by atoms with Crippen LogP contribution in [0.5, 0.6) is 0 Å². The molecule has 3 unspecified atom stereocenters. The molecule has 7 heteroatoms. The third kappa shape index (κ3) is 2.88. The molecule has 1 fully saturated rings. The van der Waals surface area contributed by atoms with E-state index in [1.54, 1.807) is 0 Å². The van der Waals surface area contributed by atoms with E-state index in [9.17, 15) is 13.4 Å². The molecule has 0 bridgehead atoms. The molecule has 2 N–H and O–H groups in total. The summed E-state index contributed by atoms with van der Waals surface area (Å²) in [6, 6.07) is 2.58. The van der Waals surface area contributed by atoms with E-state index in [0.717, 1.165) is 6.07 Å². The first-order valence-corrected chi connectivity index (χ1v) is 7.12. The fourth-order valence-electron chi connectivity index (χ4n) is 1.89. The molecule has 0 aromatic heterocycles. The van der Waals surface area contributed by atoms with Gasteiger partial charge in [0.15, 0.2) is 0 Å². The second-order valence-electron chi connectivity index (χ2n) is 4.05. The zero-order chi connectivity index (χ0) is 13.3. The summed E-state index contributed by atoms with van der Waals surface area (Å²) < 4.78 is 24.6. The van der Waals surface area contributed by atoms with Gasteiger partial charge in [0.25, 0.3) is 0 Å². The van der Waals surface area contributed by atoms with Gasteiger partial charge in [-0.1, -0.05) is 17.7 Å². The summed E-state index contributed by atoms with van der Waals surface area (Å²) in [6.45, 7) is 0. The molecule has 0 amide bonds. The number of carboxylic acids is 1. The van der Waals surface area contributed by atoms with Crippen LogP contribution in [0.15, 0.2) is 18.2 Å². The van der Waals surface area contributed by atoms with Gasteiger partial charge in [0, 0.05) is 33.4 Å². The Morgan fingerprint density at radius 3 is 2.83 bits per heavy atom. The minimum atomic E-state index is -1.23. The topological polar surface area (TPSA) is 66.4 Å². The highest BCUT2D eigenvalue weighted by Gasteiger charge is 2.31. The second kappa shape index (κ2) is 5.34. The van der Waals surface area contributed by atoms with Gasteiger partial charge in [-0.25, -0.2) is 4.39 Å². The van der Waals surface area contributed by atoms with Gasteiger partial charge in [0.05, 0.1) is 0 Å². The van der Waals surface area contributed by atoms with Gasteiger partial charge < -0.3 is 5.11 Å². The molecule has 0 spiro atoms. The lowest BCUT2D eigenvalue weighted by atomic mass is 10.1. The van der Waals surface area contributed by atoms with Crippen LogP contribution in [0.3, 0.4) is 0 Å². The normalized spacial score (nSPS) is 28.0. The van der Waals surface area contributed by atoms with Crippen molar-refractivity contribution in [2.75, 3.05) is 11.5 Å². The third-order valence-electron chi connectivity index (χ3n) is 2.74. The van der Waals surface area contributed by atoms with Crippen molar-refractivity contribution in [3.8, 4) is 0 Å². The lowest BCUT2D eigenvalue weighted by Gasteiger charge is -2.28. The lowest BCUT2D eigenvalue weighted by Crippen LogP contribution is -2.49. The number of carbonyl (C=O) groups is 1. The molecule has 1 heterocycles. The Bertz CT molecular complexity index is 511. The Labute approximate surface area is 111 Å². The van der Waals surface area contributed by atoms with Crippen LogP contribution in [0.4, 0.5) is 4.39 Å². The highest BCUT2D eigenvalue weighted by atomic mass is 35.5. The van der Waals surface area contributed by atoms with Crippen LogP contribution in [0.1, 0.15) is 11.6 Å². The van der Waals surface area contributed by atoms with Gasteiger partial charge in [0.1, 0.15) is 11.9 Å². The predicted molar refractivity (Wildman–Crippen MR) is 66.6 cm³/mol. The number of aliphatic carboxylic acids is 1. The van der Waals surface area contributed by atoms with Crippen molar-refractivity contribution >= 4 is 28.4 Å². The van der Waals surface area contributed by atoms with E-state index in [4.69, 9.17) is 16.7 Å². The minimum absolute atomic E-state index is 0.0741. The molecular formula is C11H11ClFNO3S. The fourth-order valence-corrected chi connectivity index (χ4v) is 3.58. The number of halogens is 2. The molecule has 0 saturated carbocycles. The number of nitrogens with one attached hydrogen (secondary N) is 1. The van der Waals surface area contributed by atoms with Crippen molar-refractivity contribution in [2.24, 2.45) is 0 Å². The fraction of sp³-hybridized carbons (Fsp3) is 0.364. The standard InChI is InChI=1S/C11H11ClFNO3S/c12-8-3-6(13)1-2-7(8)9-4-18(17)5-10(14-9)11(15)16/h1-3,9-10,14H,4-5H2,(H,15,16). The molecule has 1 aromatic carbocycles. The largest absolute Gasteiger partial charge is 0.480 e. The molecule has 3 atom stereocenters. The van der Waals surface area contributed by atoms with Gasteiger partial charge >= 0.3 is 5.97 Å². The van der Waals surface area contributed by atoms with Crippen molar-refractivity contribution in [1.29, 1.82) is 0 Å². The lowest BCUT2D eigenvalue weighted by molar-refractivity contribution is -0.139. The molecule has 4 nitrogen and oxygen atoms in total. The van der Waals surface area contributed by atoms with E-state index in [0.29, 0.717) is 5.56 Å². The van der Waals surface area contributed by atoms with Crippen LogP contribution in [0.25, 0.3) is 0 Å². The molecule has 0 aliphatic carbocycles. The van der Waals surface area contributed by atoms with Crippen LogP contribution < -0.4 is 5.32 Å². The van der Waals surface area contributed by atoms with E-state index in [2.05, 4.69) is 5.32 Å². The Hall–Kier alpha value is -0.980. The first-order chi connectivity index (χ1) is 8.47. The Morgan fingerprint density at radius 2 is 2.22 bits per heavy atom. The van der Waals surface area contributed by atoms with Crippen LogP contribution in [0.2, 0.25) is 5.02 Å². The molecular weight excluding hydrogens is 281 g/mol.